The number of nitroso groups, excluding NO2 is 1. The van der Waals surface area contributed by atoms with E-state index in [1.807, 2.05) is 35.3 Å². The highest BCUT2D eigenvalue weighted by molar-refractivity contribution is 6.06. The van der Waals surface area contributed by atoms with Gasteiger partial charge in [0.15, 0.2) is 12.4 Å². The summed E-state index contributed by atoms with van der Waals surface area (Å²) >= 11 is 0. The van der Waals surface area contributed by atoms with Crippen LogP contribution in [0.5, 0.6) is 0 Å². The average molecular weight is 479 g/mol. The molecular formula is C25H30N6O4. The number of aliphatic imine (C=N–C) groups is 1. The molecule has 0 atom stereocenters. The number of rotatable bonds is 9. The van der Waals surface area contributed by atoms with Gasteiger partial charge in [-0.15, -0.1) is 10.0 Å². The second-order valence-electron chi connectivity index (χ2n) is 8.25. The van der Waals surface area contributed by atoms with Crippen molar-refractivity contribution in [3.63, 3.8) is 0 Å². The Hall–Kier alpha value is -3.95. The maximum absolute atomic E-state index is 13.3. The molecule has 3 rings (SSSR count). The third-order valence-electron chi connectivity index (χ3n) is 5.65. The highest BCUT2D eigenvalue weighted by atomic mass is 16.5. The van der Waals surface area contributed by atoms with E-state index in [9.17, 15) is 14.5 Å². The standard InChI is InChI=1S/C25H30N6O4/c1-3-11-31(12-4-2)25(33)20-13-19-6-5-18(14-22(19)27-23(15-20)28-30-26)17-7-9-21(10-8-17)35-16-24(32)29-34/h5-7,9,13-14H,3-4,8,10-12,15-16H2,1-2H3,(H2,26,27,28). The minimum Gasteiger partial charge on any atom is -0.488 e. The molecule has 1 aromatic carbocycles. The van der Waals surface area contributed by atoms with Crippen LogP contribution in [0.4, 0.5) is 5.69 Å². The van der Waals surface area contributed by atoms with Gasteiger partial charge < -0.3 is 15.5 Å². The summed E-state index contributed by atoms with van der Waals surface area (Å²) in [5.41, 5.74) is 4.14. The molecule has 10 nitrogen and oxygen atoms in total. The SMILES string of the molecule is CCCN(CCC)C(=O)C1=Cc2ccc(C3=CC=C(OCC(=O)N=O)CC3)cc2N=C(N=NN)C1. The fourth-order valence-corrected chi connectivity index (χ4v) is 4.03. The van der Waals surface area contributed by atoms with Gasteiger partial charge >= 0.3 is 5.91 Å². The molecule has 2 amide bonds. The van der Waals surface area contributed by atoms with Crippen LogP contribution in [0, 0.1) is 4.91 Å². The van der Waals surface area contributed by atoms with Crippen LogP contribution in [-0.4, -0.2) is 42.2 Å². The summed E-state index contributed by atoms with van der Waals surface area (Å²) in [4.78, 5) is 41.0. The van der Waals surface area contributed by atoms with Gasteiger partial charge in [0.2, 0.25) is 5.91 Å². The number of allylic oxidation sites excluding steroid dienone is 4. The highest BCUT2D eigenvalue weighted by Crippen LogP contribution is 2.34. The zero-order valence-electron chi connectivity index (χ0n) is 20.1. The van der Waals surface area contributed by atoms with E-state index in [0.29, 0.717) is 48.8 Å². The third kappa shape index (κ3) is 6.78. The number of amidine groups is 1. The lowest BCUT2D eigenvalue weighted by Gasteiger charge is -2.22. The number of ether oxygens (including phenoxy) is 1. The first-order chi connectivity index (χ1) is 17.0. The third-order valence-corrected chi connectivity index (χ3v) is 5.65. The Morgan fingerprint density at radius 1 is 1.14 bits per heavy atom. The van der Waals surface area contributed by atoms with Crippen molar-refractivity contribution in [3.05, 3.63) is 57.7 Å². The number of nitrogens with two attached hydrogens (primary N) is 1. The second kappa shape index (κ2) is 12.5. The van der Waals surface area contributed by atoms with Gasteiger partial charge in [-0.3, -0.25) is 9.59 Å². The summed E-state index contributed by atoms with van der Waals surface area (Å²) in [7, 11) is 0. The largest absolute Gasteiger partial charge is 0.488 e. The van der Waals surface area contributed by atoms with Gasteiger partial charge in [0.1, 0.15) is 0 Å². The van der Waals surface area contributed by atoms with Crippen molar-refractivity contribution in [1.29, 1.82) is 0 Å². The molecule has 1 aliphatic carbocycles. The molecule has 0 bridgehead atoms. The van der Waals surface area contributed by atoms with Crippen molar-refractivity contribution in [2.75, 3.05) is 19.7 Å². The summed E-state index contributed by atoms with van der Waals surface area (Å²) < 4.78 is 5.33. The van der Waals surface area contributed by atoms with Crippen LogP contribution in [0.2, 0.25) is 0 Å². The van der Waals surface area contributed by atoms with Crippen LogP contribution in [0.1, 0.15) is 57.1 Å². The van der Waals surface area contributed by atoms with Crippen molar-refractivity contribution < 1.29 is 14.3 Å². The van der Waals surface area contributed by atoms with Crippen LogP contribution >= 0.6 is 0 Å². The lowest BCUT2D eigenvalue weighted by atomic mass is 9.94. The molecule has 0 unspecified atom stereocenters. The van der Waals surface area contributed by atoms with Crippen molar-refractivity contribution in [3.8, 4) is 0 Å². The molecule has 0 spiro atoms. The van der Waals surface area contributed by atoms with Gasteiger partial charge in [-0.25, -0.2) is 4.99 Å². The molecule has 10 heteroatoms. The average Bonchev–Trinajstić information content (AvgIpc) is 3.05. The van der Waals surface area contributed by atoms with Gasteiger partial charge in [0.25, 0.3) is 0 Å². The Kier molecular flexibility index (Phi) is 9.16. The summed E-state index contributed by atoms with van der Waals surface area (Å²) in [6.45, 7) is 5.12. The summed E-state index contributed by atoms with van der Waals surface area (Å²) in [6, 6.07) is 5.88. The molecular weight excluding hydrogens is 448 g/mol. The molecule has 0 radical (unpaired) electrons. The smallest absolute Gasteiger partial charge is 0.323 e. The van der Waals surface area contributed by atoms with Gasteiger partial charge in [0.05, 0.1) is 11.4 Å². The number of fused-ring (bicyclic) bond motifs is 1. The Morgan fingerprint density at radius 2 is 1.91 bits per heavy atom. The Labute approximate surface area is 204 Å². The molecule has 1 aromatic rings. The van der Waals surface area contributed by atoms with E-state index < -0.39 is 5.91 Å². The van der Waals surface area contributed by atoms with Crippen molar-refractivity contribution in [2.24, 2.45) is 26.3 Å². The maximum Gasteiger partial charge on any atom is 0.323 e. The summed E-state index contributed by atoms with van der Waals surface area (Å²) in [6.07, 6.45) is 8.86. The number of benzene rings is 1. The predicted octanol–water partition coefficient (Wildman–Crippen LogP) is 4.85. The molecule has 2 N–H and O–H groups in total. The van der Waals surface area contributed by atoms with E-state index in [2.05, 4.69) is 34.4 Å². The number of carbonyl (C=O) groups is 2. The summed E-state index contributed by atoms with van der Waals surface area (Å²) in [5.74, 6) is 5.44. The van der Waals surface area contributed by atoms with E-state index in [4.69, 9.17) is 10.6 Å². The quantitative estimate of drug-likeness (QED) is 0.234. The Morgan fingerprint density at radius 3 is 2.54 bits per heavy atom. The second-order valence-corrected chi connectivity index (χ2v) is 8.25. The van der Waals surface area contributed by atoms with E-state index in [1.165, 1.54) is 0 Å². The fourth-order valence-electron chi connectivity index (χ4n) is 4.03. The van der Waals surface area contributed by atoms with Gasteiger partial charge in [-0.2, -0.15) is 0 Å². The monoisotopic (exact) mass is 478 g/mol. The number of amides is 2. The van der Waals surface area contributed by atoms with Crippen molar-refractivity contribution in [1.82, 2.24) is 4.90 Å². The molecule has 0 saturated heterocycles. The topological polar surface area (TPSA) is 139 Å². The molecule has 0 aromatic heterocycles. The van der Waals surface area contributed by atoms with Crippen LogP contribution < -0.4 is 5.84 Å². The van der Waals surface area contributed by atoms with Crippen LogP contribution in [-0.2, 0) is 14.3 Å². The van der Waals surface area contributed by atoms with E-state index in [0.717, 1.165) is 29.5 Å². The molecule has 2 aliphatic rings. The van der Waals surface area contributed by atoms with Gasteiger partial charge in [0, 0.05) is 42.2 Å². The minimum atomic E-state index is -0.840. The zero-order chi connectivity index (χ0) is 25.2. The molecule has 1 heterocycles. The molecule has 0 fully saturated rings. The molecule has 0 saturated carbocycles. The number of carbonyl (C=O) groups excluding carboxylic acids is 2. The highest BCUT2D eigenvalue weighted by Gasteiger charge is 2.22. The summed E-state index contributed by atoms with van der Waals surface area (Å²) in [5, 5.41) is 9.69. The minimum absolute atomic E-state index is 0.0264. The van der Waals surface area contributed by atoms with E-state index >= 15 is 0 Å². The van der Waals surface area contributed by atoms with Gasteiger partial charge in [-0.05, 0) is 48.6 Å². The van der Waals surface area contributed by atoms with Crippen LogP contribution in [0.3, 0.4) is 0 Å². The van der Waals surface area contributed by atoms with E-state index in [1.54, 1.807) is 6.08 Å². The zero-order valence-corrected chi connectivity index (χ0v) is 20.1. The van der Waals surface area contributed by atoms with Crippen molar-refractivity contribution >= 4 is 35.0 Å². The van der Waals surface area contributed by atoms with Crippen LogP contribution in [0.25, 0.3) is 11.6 Å². The first-order valence-electron chi connectivity index (χ1n) is 11.7. The fraction of sp³-hybridized carbons (Fsp3) is 0.400. The maximum atomic E-state index is 13.3. The molecule has 184 valence electrons. The lowest BCUT2D eigenvalue weighted by molar-refractivity contribution is -0.127. The predicted molar refractivity (Wildman–Crippen MR) is 134 cm³/mol. The van der Waals surface area contributed by atoms with Crippen LogP contribution in [0.15, 0.2) is 62.2 Å². The van der Waals surface area contributed by atoms with E-state index in [-0.39, 0.29) is 18.9 Å². The Bertz CT molecular complexity index is 1130. The molecule has 35 heavy (non-hydrogen) atoms. The number of hydrogen-bond donors (Lipinski definition) is 1. The normalized spacial score (nSPS) is 15.3. The number of nitrogens with zero attached hydrogens (tertiary/aromatic N) is 5. The van der Waals surface area contributed by atoms with Gasteiger partial charge in [-0.1, -0.05) is 37.3 Å². The first-order valence-corrected chi connectivity index (χ1v) is 11.7. The first kappa shape index (κ1) is 25.7. The Balaban J connectivity index is 1.90. The lowest BCUT2D eigenvalue weighted by Crippen LogP contribution is -2.34. The number of hydrogen-bond acceptors (Lipinski definition) is 7. The van der Waals surface area contributed by atoms with Crippen molar-refractivity contribution in [2.45, 2.75) is 46.0 Å². The molecule has 1 aliphatic heterocycles.